The molecule has 1 saturated heterocycles. The van der Waals surface area contributed by atoms with Gasteiger partial charge in [0.05, 0.1) is 12.8 Å². The van der Waals surface area contributed by atoms with Crippen molar-refractivity contribution in [1.29, 1.82) is 5.26 Å². The lowest BCUT2D eigenvalue weighted by atomic mass is 10.1. The molecular weight excluding hydrogens is 280 g/mol. The second kappa shape index (κ2) is 6.10. The van der Waals surface area contributed by atoms with E-state index in [1.807, 2.05) is 18.2 Å². The fourth-order valence-corrected chi connectivity index (χ4v) is 3.01. The van der Waals surface area contributed by atoms with Crippen molar-refractivity contribution in [3.05, 3.63) is 34.2 Å². The van der Waals surface area contributed by atoms with E-state index in [4.69, 9.17) is 9.15 Å². The van der Waals surface area contributed by atoms with Crippen LogP contribution < -0.4 is 15.3 Å². The molecule has 0 radical (unpaired) electrons. The first-order valence-corrected chi connectivity index (χ1v) is 7.54. The predicted molar refractivity (Wildman–Crippen MR) is 84.4 cm³/mol. The predicted octanol–water partition coefficient (Wildman–Crippen LogP) is 3.05. The Bertz CT molecular complexity index is 781. The fraction of sp³-hybridized carbons (Fsp3) is 0.412. The van der Waals surface area contributed by atoms with Gasteiger partial charge in [0.25, 0.3) is 0 Å². The Morgan fingerprint density at radius 3 is 2.59 bits per heavy atom. The molecule has 0 atom stereocenters. The van der Waals surface area contributed by atoms with E-state index in [0.717, 1.165) is 31.3 Å². The molecule has 0 unspecified atom stereocenters. The lowest BCUT2D eigenvalue weighted by molar-refractivity contribution is 0.414. The van der Waals surface area contributed by atoms with Crippen LogP contribution in [-0.4, -0.2) is 20.2 Å². The van der Waals surface area contributed by atoms with Gasteiger partial charge in [0.15, 0.2) is 5.56 Å². The molecule has 0 spiro atoms. The Hall–Kier alpha value is -2.48. The maximum Gasteiger partial charge on any atom is 0.356 e. The number of benzene rings is 1. The van der Waals surface area contributed by atoms with Gasteiger partial charge in [-0.25, -0.2) is 4.79 Å². The van der Waals surface area contributed by atoms with Crippen molar-refractivity contribution >= 4 is 16.7 Å². The first kappa shape index (κ1) is 14.5. The first-order chi connectivity index (χ1) is 10.7. The molecule has 1 aliphatic heterocycles. The van der Waals surface area contributed by atoms with Crippen molar-refractivity contribution in [2.45, 2.75) is 25.7 Å². The van der Waals surface area contributed by atoms with Crippen molar-refractivity contribution in [1.82, 2.24) is 0 Å². The third-order valence-electron chi connectivity index (χ3n) is 4.12. The lowest BCUT2D eigenvalue weighted by Gasteiger charge is -2.24. The molecule has 5 nitrogen and oxygen atoms in total. The Morgan fingerprint density at radius 2 is 1.95 bits per heavy atom. The van der Waals surface area contributed by atoms with Crippen LogP contribution in [0.5, 0.6) is 5.75 Å². The number of nitriles is 1. The lowest BCUT2D eigenvalue weighted by Crippen LogP contribution is -2.27. The van der Waals surface area contributed by atoms with Crippen molar-refractivity contribution in [2.75, 3.05) is 25.1 Å². The van der Waals surface area contributed by atoms with Gasteiger partial charge in [-0.15, -0.1) is 0 Å². The summed E-state index contributed by atoms with van der Waals surface area (Å²) >= 11 is 0. The largest absolute Gasteiger partial charge is 0.497 e. The normalized spacial score (nSPS) is 15.4. The smallest absolute Gasteiger partial charge is 0.356 e. The minimum Gasteiger partial charge on any atom is -0.497 e. The molecule has 0 bridgehead atoms. The number of fused-ring (bicyclic) bond motifs is 1. The number of hydrogen-bond donors (Lipinski definition) is 0. The highest BCUT2D eigenvalue weighted by molar-refractivity contribution is 5.93. The number of nitrogens with zero attached hydrogens (tertiary/aromatic N) is 2. The Labute approximate surface area is 128 Å². The maximum absolute atomic E-state index is 12.2. The zero-order chi connectivity index (χ0) is 15.5. The minimum atomic E-state index is -0.581. The number of anilines is 1. The van der Waals surface area contributed by atoms with E-state index in [1.165, 1.54) is 12.8 Å². The van der Waals surface area contributed by atoms with Crippen LogP contribution in [0.15, 0.2) is 27.4 Å². The third kappa shape index (κ3) is 2.52. The van der Waals surface area contributed by atoms with E-state index < -0.39 is 5.63 Å². The molecule has 1 fully saturated rings. The Kier molecular flexibility index (Phi) is 4.01. The molecule has 1 aromatic carbocycles. The molecule has 1 aromatic heterocycles. The second-order valence-corrected chi connectivity index (χ2v) is 5.49. The fourth-order valence-electron chi connectivity index (χ4n) is 3.01. The molecule has 0 aliphatic carbocycles. The average Bonchev–Trinajstić information content (AvgIpc) is 2.82. The van der Waals surface area contributed by atoms with Crippen LogP contribution >= 0.6 is 0 Å². The van der Waals surface area contributed by atoms with Gasteiger partial charge in [-0.3, -0.25) is 0 Å². The molecular formula is C17H18N2O3. The monoisotopic (exact) mass is 298 g/mol. The van der Waals surface area contributed by atoms with Crippen LogP contribution in [0.2, 0.25) is 0 Å². The summed E-state index contributed by atoms with van der Waals surface area (Å²) in [5.41, 5.74) is 0.683. The highest BCUT2D eigenvalue weighted by Gasteiger charge is 2.21. The standard InChI is InChI=1S/C17H18N2O3/c1-21-12-6-7-13-15(10-12)22-17(20)14(11-18)16(13)19-8-4-2-3-5-9-19/h6-7,10H,2-5,8-9H2,1H3. The van der Waals surface area contributed by atoms with Gasteiger partial charge in [0.1, 0.15) is 17.4 Å². The van der Waals surface area contributed by atoms with Crippen molar-refractivity contribution < 1.29 is 9.15 Å². The zero-order valence-electron chi connectivity index (χ0n) is 12.6. The van der Waals surface area contributed by atoms with Crippen LogP contribution in [0, 0.1) is 11.3 Å². The van der Waals surface area contributed by atoms with Crippen LogP contribution in [0.4, 0.5) is 5.69 Å². The summed E-state index contributed by atoms with van der Waals surface area (Å²) < 4.78 is 10.5. The first-order valence-electron chi connectivity index (χ1n) is 7.54. The summed E-state index contributed by atoms with van der Waals surface area (Å²) in [6.45, 7) is 1.72. The van der Waals surface area contributed by atoms with Crippen LogP contribution in [0.25, 0.3) is 11.0 Å². The SMILES string of the molecule is COc1ccc2c(N3CCCCCC3)c(C#N)c(=O)oc2c1. The summed E-state index contributed by atoms with van der Waals surface area (Å²) in [5.74, 6) is 0.627. The number of hydrogen-bond acceptors (Lipinski definition) is 5. The van der Waals surface area contributed by atoms with Gasteiger partial charge in [-0.1, -0.05) is 12.8 Å². The highest BCUT2D eigenvalue weighted by atomic mass is 16.5. The second-order valence-electron chi connectivity index (χ2n) is 5.49. The molecule has 0 N–H and O–H groups in total. The van der Waals surface area contributed by atoms with Gasteiger partial charge in [0, 0.05) is 24.5 Å². The molecule has 0 amide bonds. The van der Waals surface area contributed by atoms with E-state index >= 15 is 0 Å². The summed E-state index contributed by atoms with van der Waals surface area (Å²) in [4.78, 5) is 14.3. The van der Waals surface area contributed by atoms with Gasteiger partial charge in [-0.05, 0) is 25.0 Å². The van der Waals surface area contributed by atoms with Crippen molar-refractivity contribution in [3.8, 4) is 11.8 Å². The van der Waals surface area contributed by atoms with E-state index in [0.29, 0.717) is 17.0 Å². The average molecular weight is 298 g/mol. The van der Waals surface area contributed by atoms with E-state index in [-0.39, 0.29) is 5.56 Å². The van der Waals surface area contributed by atoms with Crippen molar-refractivity contribution in [2.24, 2.45) is 0 Å². The topological polar surface area (TPSA) is 66.5 Å². The van der Waals surface area contributed by atoms with Gasteiger partial charge in [-0.2, -0.15) is 5.26 Å². The van der Waals surface area contributed by atoms with Gasteiger partial charge < -0.3 is 14.1 Å². The molecule has 2 heterocycles. The van der Waals surface area contributed by atoms with E-state index in [1.54, 1.807) is 13.2 Å². The molecule has 3 rings (SSSR count). The summed E-state index contributed by atoms with van der Waals surface area (Å²) in [6.07, 6.45) is 4.52. The van der Waals surface area contributed by atoms with Gasteiger partial charge in [0.2, 0.25) is 0 Å². The molecule has 2 aromatic rings. The highest BCUT2D eigenvalue weighted by Crippen LogP contribution is 2.32. The number of rotatable bonds is 2. The maximum atomic E-state index is 12.2. The number of methoxy groups -OCH3 is 1. The molecule has 0 saturated carbocycles. The molecule has 22 heavy (non-hydrogen) atoms. The van der Waals surface area contributed by atoms with E-state index in [9.17, 15) is 10.1 Å². The minimum absolute atomic E-state index is 0.0968. The molecule has 5 heteroatoms. The van der Waals surface area contributed by atoms with E-state index in [2.05, 4.69) is 4.90 Å². The summed E-state index contributed by atoms with van der Waals surface area (Å²) in [6, 6.07) is 7.40. The van der Waals surface area contributed by atoms with Crippen LogP contribution in [0.1, 0.15) is 31.2 Å². The Morgan fingerprint density at radius 1 is 1.23 bits per heavy atom. The third-order valence-corrected chi connectivity index (χ3v) is 4.12. The molecule has 1 aliphatic rings. The zero-order valence-corrected chi connectivity index (χ0v) is 12.6. The number of ether oxygens (including phenoxy) is 1. The van der Waals surface area contributed by atoms with Gasteiger partial charge >= 0.3 is 5.63 Å². The molecule has 114 valence electrons. The quantitative estimate of drug-likeness (QED) is 0.797. The Balaban J connectivity index is 2.24. The van der Waals surface area contributed by atoms with Crippen LogP contribution in [-0.2, 0) is 0 Å². The van der Waals surface area contributed by atoms with Crippen molar-refractivity contribution in [3.63, 3.8) is 0 Å². The van der Waals surface area contributed by atoms with Crippen LogP contribution in [0.3, 0.4) is 0 Å². The summed E-state index contributed by atoms with van der Waals surface area (Å²) in [7, 11) is 1.57. The summed E-state index contributed by atoms with van der Waals surface area (Å²) in [5, 5.41) is 10.2.